The van der Waals surface area contributed by atoms with E-state index in [0.717, 1.165) is 15.3 Å². The van der Waals surface area contributed by atoms with Crippen molar-refractivity contribution in [2.75, 3.05) is 37.3 Å². The van der Waals surface area contributed by atoms with E-state index in [-0.39, 0.29) is 11.6 Å². The normalized spacial score (nSPS) is 14.5. The van der Waals surface area contributed by atoms with Crippen LogP contribution in [0.5, 0.6) is 0 Å². The Balaban J connectivity index is 1.47. The van der Waals surface area contributed by atoms with E-state index in [0.29, 0.717) is 31.7 Å². The number of fused-ring (bicyclic) bond motifs is 1. The fourth-order valence-corrected chi connectivity index (χ4v) is 4.92. The molecule has 1 aliphatic rings. The van der Waals surface area contributed by atoms with Crippen molar-refractivity contribution in [2.24, 2.45) is 0 Å². The quantitative estimate of drug-likeness (QED) is 0.366. The van der Waals surface area contributed by atoms with Crippen molar-refractivity contribution in [3.05, 3.63) is 58.1 Å². The van der Waals surface area contributed by atoms with Gasteiger partial charge < -0.3 is 9.80 Å². The number of amides is 1. The van der Waals surface area contributed by atoms with Crippen LogP contribution in [-0.4, -0.2) is 53.1 Å². The summed E-state index contributed by atoms with van der Waals surface area (Å²) in [6, 6.07) is 12.1. The SMILES string of the molecule is CSc1cccc2sc(N3CCN(C(=O)c4cccc([N+](=O)[O-])c4)CC3)nc12. The summed E-state index contributed by atoms with van der Waals surface area (Å²) in [7, 11) is 0. The van der Waals surface area contributed by atoms with Crippen molar-refractivity contribution in [1.82, 2.24) is 9.88 Å². The fourth-order valence-electron chi connectivity index (χ4n) is 3.25. The van der Waals surface area contributed by atoms with Gasteiger partial charge in [-0.3, -0.25) is 14.9 Å². The van der Waals surface area contributed by atoms with Crippen molar-refractivity contribution < 1.29 is 9.72 Å². The molecule has 28 heavy (non-hydrogen) atoms. The molecule has 1 aromatic heterocycles. The van der Waals surface area contributed by atoms with Crippen LogP contribution in [0.2, 0.25) is 0 Å². The zero-order valence-corrected chi connectivity index (χ0v) is 16.8. The number of thiazole rings is 1. The number of nitro benzene ring substituents is 1. The molecule has 2 aromatic carbocycles. The molecule has 0 bridgehead atoms. The Morgan fingerprint density at radius 1 is 1.18 bits per heavy atom. The van der Waals surface area contributed by atoms with Gasteiger partial charge in [-0.15, -0.1) is 11.8 Å². The lowest BCUT2D eigenvalue weighted by Gasteiger charge is -2.34. The van der Waals surface area contributed by atoms with Gasteiger partial charge in [-0.05, 0) is 24.5 Å². The Morgan fingerprint density at radius 3 is 2.64 bits per heavy atom. The summed E-state index contributed by atoms with van der Waals surface area (Å²) in [5, 5.41) is 11.9. The van der Waals surface area contributed by atoms with Crippen LogP contribution in [0.15, 0.2) is 47.4 Å². The molecule has 7 nitrogen and oxygen atoms in total. The van der Waals surface area contributed by atoms with E-state index in [4.69, 9.17) is 4.98 Å². The van der Waals surface area contributed by atoms with E-state index in [1.165, 1.54) is 17.0 Å². The van der Waals surface area contributed by atoms with E-state index in [1.54, 1.807) is 40.1 Å². The molecule has 0 atom stereocenters. The summed E-state index contributed by atoms with van der Waals surface area (Å²) in [5.41, 5.74) is 1.32. The Bertz CT molecular complexity index is 1040. The molecule has 0 unspecified atom stereocenters. The van der Waals surface area contributed by atoms with Gasteiger partial charge in [-0.25, -0.2) is 4.98 Å². The minimum atomic E-state index is -0.481. The maximum Gasteiger partial charge on any atom is 0.270 e. The molecule has 4 rings (SSSR count). The predicted octanol–water partition coefficient (Wildman–Crippen LogP) is 3.89. The molecule has 0 spiro atoms. The monoisotopic (exact) mass is 414 g/mol. The summed E-state index contributed by atoms with van der Waals surface area (Å²) in [4.78, 5) is 33.1. The molecule has 1 aliphatic heterocycles. The topological polar surface area (TPSA) is 79.6 Å². The number of nitro groups is 1. The van der Waals surface area contributed by atoms with Gasteiger partial charge in [0.2, 0.25) is 0 Å². The maximum absolute atomic E-state index is 12.7. The van der Waals surface area contributed by atoms with Crippen LogP contribution in [0.4, 0.5) is 10.8 Å². The Labute approximate surface area is 170 Å². The Hall–Kier alpha value is -2.65. The van der Waals surface area contributed by atoms with E-state index < -0.39 is 4.92 Å². The van der Waals surface area contributed by atoms with Crippen LogP contribution in [0, 0.1) is 10.1 Å². The first-order valence-electron chi connectivity index (χ1n) is 8.79. The van der Waals surface area contributed by atoms with Gasteiger partial charge in [0.15, 0.2) is 5.13 Å². The summed E-state index contributed by atoms with van der Waals surface area (Å²) in [6.45, 7) is 2.50. The third-order valence-corrected chi connectivity index (χ3v) is 6.58. The van der Waals surface area contributed by atoms with Gasteiger partial charge in [-0.2, -0.15) is 0 Å². The van der Waals surface area contributed by atoms with Gasteiger partial charge in [0.1, 0.15) is 0 Å². The summed E-state index contributed by atoms with van der Waals surface area (Å²) >= 11 is 3.36. The zero-order valence-electron chi connectivity index (χ0n) is 15.2. The van der Waals surface area contributed by atoms with E-state index in [1.807, 2.05) is 12.3 Å². The van der Waals surface area contributed by atoms with Gasteiger partial charge in [0.05, 0.1) is 15.1 Å². The highest BCUT2D eigenvalue weighted by atomic mass is 32.2. The molecule has 0 saturated carbocycles. The summed E-state index contributed by atoms with van der Waals surface area (Å²) in [5.74, 6) is -0.169. The molecule has 0 N–H and O–H groups in total. The molecule has 0 radical (unpaired) electrons. The van der Waals surface area contributed by atoms with Gasteiger partial charge in [0, 0.05) is 48.8 Å². The van der Waals surface area contributed by atoms with Crippen molar-refractivity contribution in [1.29, 1.82) is 0 Å². The molecule has 3 aromatic rings. The standard InChI is InChI=1S/C19H18N4O3S2/c1-27-15-6-3-7-16-17(15)20-19(28-16)22-10-8-21(9-11-22)18(24)13-4-2-5-14(12-13)23(25)26/h2-7,12H,8-11H2,1H3. The van der Waals surface area contributed by atoms with Crippen molar-refractivity contribution in [2.45, 2.75) is 4.90 Å². The second-order valence-corrected chi connectivity index (χ2v) is 8.25. The average molecular weight is 415 g/mol. The molecule has 9 heteroatoms. The average Bonchev–Trinajstić information content (AvgIpc) is 3.18. The number of para-hydroxylation sites is 1. The molecule has 1 amide bonds. The lowest BCUT2D eigenvalue weighted by atomic mass is 10.1. The van der Waals surface area contributed by atoms with Gasteiger partial charge >= 0.3 is 0 Å². The first-order chi connectivity index (χ1) is 13.6. The molecule has 0 aliphatic carbocycles. The van der Waals surface area contributed by atoms with Gasteiger partial charge in [0.25, 0.3) is 11.6 Å². The van der Waals surface area contributed by atoms with Crippen LogP contribution in [0.3, 0.4) is 0 Å². The number of piperazine rings is 1. The lowest BCUT2D eigenvalue weighted by molar-refractivity contribution is -0.384. The highest BCUT2D eigenvalue weighted by Crippen LogP contribution is 2.34. The van der Waals surface area contributed by atoms with E-state index in [9.17, 15) is 14.9 Å². The highest BCUT2D eigenvalue weighted by molar-refractivity contribution is 7.98. The van der Waals surface area contributed by atoms with Crippen LogP contribution in [-0.2, 0) is 0 Å². The first-order valence-corrected chi connectivity index (χ1v) is 10.8. The molecule has 144 valence electrons. The van der Waals surface area contributed by atoms with Crippen LogP contribution in [0.1, 0.15) is 10.4 Å². The molecular formula is C19H18N4O3S2. The number of benzene rings is 2. The van der Waals surface area contributed by atoms with Crippen LogP contribution in [0.25, 0.3) is 10.2 Å². The Morgan fingerprint density at radius 2 is 1.93 bits per heavy atom. The summed E-state index contributed by atoms with van der Waals surface area (Å²) < 4.78 is 1.16. The second kappa shape index (κ2) is 7.76. The summed E-state index contributed by atoms with van der Waals surface area (Å²) in [6.07, 6.45) is 2.05. The number of nitrogens with zero attached hydrogens (tertiary/aromatic N) is 4. The number of carbonyl (C=O) groups excluding carboxylic acids is 1. The number of hydrogen-bond acceptors (Lipinski definition) is 7. The number of rotatable bonds is 4. The third-order valence-electron chi connectivity index (χ3n) is 4.73. The number of carbonyl (C=O) groups is 1. The minimum Gasteiger partial charge on any atom is -0.345 e. The second-order valence-electron chi connectivity index (χ2n) is 6.39. The van der Waals surface area contributed by atoms with Crippen LogP contribution >= 0.6 is 23.1 Å². The molecule has 1 saturated heterocycles. The predicted molar refractivity (Wildman–Crippen MR) is 113 cm³/mol. The first kappa shape index (κ1) is 18.7. The number of hydrogen-bond donors (Lipinski definition) is 0. The number of aromatic nitrogens is 1. The lowest BCUT2D eigenvalue weighted by Crippen LogP contribution is -2.48. The smallest absolute Gasteiger partial charge is 0.270 e. The van der Waals surface area contributed by atoms with Crippen LogP contribution < -0.4 is 4.90 Å². The van der Waals surface area contributed by atoms with E-state index >= 15 is 0 Å². The minimum absolute atomic E-state index is 0.0661. The zero-order chi connectivity index (χ0) is 19.7. The molecule has 2 heterocycles. The maximum atomic E-state index is 12.7. The van der Waals surface area contributed by atoms with Crippen molar-refractivity contribution in [3.63, 3.8) is 0 Å². The van der Waals surface area contributed by atoms with E-state index in [2.05, 4.69) is 17.0 Å². The van der Waals surface area contributed by atoms with Gasteiger partial charge in [-0.1, -0.05) is 23.5 Å². The fraction of sp³-hybridized carbons (Fsp3) is 0.263. The Kier molecular flexibility index (Phi) is 5.19. The number of anilines is 1. The largest absolute Gasteiger partial charge is 0.345 e. The molecular weight excluding hydrogens is 396 g/mol. The molecule has 1 fully saturated rings. The highest BCUT2D eigenvalue weighted by Gasteiger charge is 2.25. The number of thioether (sulfide) groups is 1. The third kappa shape index (κ3) is 3.55. The van der Waals surface area contributed by atoms with Crippen molar-refractivity contribution in [3.8, 4) is 0 Å². The van der Waals surface area contributed by atoms with Crippen molar-refractivity contribution >= 4 is 50.0 Å². The number of non-ortho nitro benzene ring substituents is 1.